The van der Waals surface area contributed by atoms with E-state index in [1.54, 1.807) is 6.07 Å². The fourth-order valence-electron chi connectivity index (χ4n) is 3.51. The maximum atomic E-state index is 13.8. The minimum absolute atomic E-state index is 0.179. The second kappa shape index (κ2) is 7.75. The molecular weight excluding hydrogens is 367 g/mol. The molecule has 1 N–H and O–H groups in total. The molecule has 2 fully saturated rings. The molecule has 1 aromatic carbocycles. The molecule has 2 aromatic rings. The molecule has 2 aliphatic rings. The number of rotatable bonds is 4. The van der Waals surface area contributed by atoms with E-state index >= 15 is 0 Å². The van der Waals surface area contributed by atoms with Gasteiger partial charge in [0.1, 0.15) is 28.8 Å². The van der Waals surface area contributed by atoms with Gasteiger partial charge >= 0.3 is 0 Å². The van der Waals surface area contributed by atoms with Crippen LogP contribution in [0.1, 0.15) is 41.7 Å². The molecule has 146 valence electrons. The van der Waals surface area contributed by atoms with E-state index < -0.39 is 28.9 Å². The molecule has 4 nitrogen and oxygen atoms in total. The third-order valence-corrected chi connectivity index (χ3v) is 5.10. The van der Waals surface area contributed by atoms with Crippen LogP contribution in [0.2, 0.25) is 0 Å². The Labute approximate surface area is 161 Å². The van der Waals surface area contributed by atoms with Crippen molar-refractivity contribution in [3.05, 3.63) is 64.6 Å². The number of hydrogen-bond donors (Lipinski definition) is 1. The largest absolute Gasteiger partial charge is 0.306 e. The molecule has 0 bridgehead atoms. The predicted octanol–water partition coefficient (Wildman–Crippen LogP) is 4.39. The van der Waals surface area contributed by atoms with Gasteiger partial charge in [-0.2, -0.15) is 0 Å². The van der Waals surface area contributed by atoms with E-state index in [1.807, 2.05) is 12.1 Å². The van der Waals surface area contributed by atoms with E-state index in [2.05, 4.69) is 15.2 Å². The highest BCUT2D eigenvalue weighted by Gasteiger charge is 2.30. The van der Waals surface area contributed by atoms with Crippen LogP contribution in [0.25, 0.3) is 6.08 Å². The molecule has 7 heteroatoms. The zero-order valence-electron chi connectivity index (χ0n) is 15.2. The SMILES string of the molecule is O=C(Nc1cccc(C=C2CCN(C3CC3)CC2)n1)c1c(F)cc(F)cc1F. The Morgan fingerprint density at radius 1 is 1.11 bits per heavy atom. The molecule has 1 aliphatic heterocycles. The summed E-state index contributed by atoms with van der Waals surface area (Å²) >= 11 is 0. The number of pyridine rings is 1. The minimum Gasteiger partial charge on any atom is -0.306 e. The first-order valence-electron chi connectivity index (χ1n) is 9.36. The third kappa shape index (κ3) is 4.25. The number of hydrogen-bond acceptors (Lipinski definition) is 3. The van der Waals surface area contributed by atoms with Crippen LogP contribution in [0.4, 0.5) is 19.0 Å². The summed E-state index contributed by atoms with van der Waals surface area (Å²) in [6, 6.07) is 6.78. The number of piperidine rings is 1. The second-order valence-electron chi connectivity index (χ2n) is 7.22. The van der Waals surface area contributed by atoms with Gasteiger partial charge in [-0.15, -0.1) is 0 Å². The maximum absolute atomic E-state index is 13.8. The van der Waals surface area contributed by atoms with Crippen molar-refractivity contribution in [1.82, 2.24) is 9.88 Å². The van der Waals surface area contributed by atoms with Crippen LogP contribution in [0.5, 0.6) is 0 Å². The fourth-order valence-corrected chi connectivity index (χ4v) is 3.51. The van der Waals surface area contributed by atoms with Gasteiger partial charge in [-0.3, -0.25) is 9.69 Å². The van der Waals surface area contributed by atoms with Gasteiger partial charge < -0.3 is 5.32 Å². The lowest BCUT2D eigenvalue weighted by atomic mass is 10.0. The molecule has 0 atom stereocenters. The molecule has 1 amide bonds. The number of anilines is 1. The molecule has 1 aliphatic carbocycles. The molecular formula is C21H20F3N3O. The lowest BCUT2D eigenvalue weighted by molar-refractivity contribution is 0.101. The Bertz CT molecular complexity index is 907. The lowest BCUT2D eigenvalue weighted by Crippen LogP contribution is -2.32. The zero-order chi connectivity index (χ0) is 19.7. The summed E-state index contributed by atoms with van der Waals surface area (Å²) in [4.78, 5) is 19.1. The van der Waals surface area contributed by atoms with Crippen LogP contribution >= 0.6 is 0 Å². The van der Waals surface area contributed by atoms with Crippen molar-refractivity contribution in [2.75, 3.05) is 18.4 Å². The van der Waals surface area contributed by atoms with Crippen LogP contribution in [-0.2, 0) is 0 Å². The fraction of sp³-hybridized carbons (Fsp3) is 0.333. The van der Waals surface area contributed by atoms with Crippen molar-refractivity contribution >= 4 is 17.8 Å². The van der Waals surface area contributed by atoms with Crippen molar-refractivity contribution in [2.45, 2.75) is 31.7 Å². The van der Waals surface area contributed by atoms with Gasteiger partial charge in [-0.1, -0.05) is 11.6 Å². The Morgan fingerprint density at radius 2 is 1.79 bits per heavy atom. The van der Waals surface area contributed by atoms with E-state index in [9.17, 15) is 18.0 Å². The standard InChI is InChI=1S/C21H20F3N3O/c22-14-11-17(23)20(18(24)12-14)21(28)26-19-3-1-2-15(25-19)10-13-6-8-27(9-7-13)16-4-5-16/h1-3,10-12,16H,4-9H2,(H,25,26,28). The first-order chi connectivity index (χ1) is 13.5. The molecule has 0 spiro atoms. The second-order valence-corrected chi connectivity index (χ2v) is 7.22. The van der Waals surface area contributed by atoms with Crippen molar-refractivity contribution in [1.29, 1.82) is 0 Å². The summed E-state index contributed by atoms with van der Waals surface area (Å²) in [5.41, 5.74) is 1.13. The van der Waals surface area contributed by atoms with E-state index in [0.29, 0.717) is 17.8 Å². The molecule has 1 saturated heterocycles. The summed E-state index contributed by atoms with van der Waals surface area (Å²) in [5.74, 6) is -4.42. The summed E-state index contributed by atoms with van der Waals surface area (Å²) in [7, 11) is 0. The summed E-state index contributed by atoms with van der Waals surface area (Å²) in [6.07, 6.45) is 6.58. The highest BCUT2D eigenvalue weighted by molar-refractivity contribution is 6.04. The van der Waals surface area contributed by atoms with E-state index in [1.165, 1.54) is 24.5 Å². The Morgan fingerprint density at radius 3 is 2.43 bits per heavy atom. The highest BCUT2D eigenvalue weighted by atomic mass is 19.1. The van der Waals surface area contributed by atoms with Gasteiger partial charge in [-0.05, 0) is 43.9 Å². The monoisotopic (exact) mass is 387 g/mol. The van der Waals surface area contributed by atoms with E-state index in [0.717, 1.165) is 32.0 Å². The third-order valence-electron chi connectivity index (χ3n) is 5.10. The minimum atomic E-state index is -1.25. The number of nitrogens with zero attached hydrogens (tertiary/aromatic N) is 2. The summed E-state index contributed by atoms with van der Waals surface area (Å²) in [6.45, 7) is 2.10. The van der Waals surface area contributed by atoms with Gasteiger partial charge in [0.15, 0.2) is 0 Å². The van der Waals surface area contributed by atoms with Crippen molar-refractivity contribution in [3.8, 4) is 0 Å². The molecule has 28 heavy (non-hydrogen) atoms. The van der Waals surface area contributed by atoms with Crippen molar-refractivity contribution < 1.29 is 18.0 Å². The van der Waals surface area contributed by atoms with Crippen LogP contribution in [0, 0.1) is 17.5 Å². The van der Waals surface area contributed by atoms with Crippen LogP contribution in [0.3, 0.4) is 0 Å². The van der Waals surface area contributed by atoms with Gasteiger partial charge in [0, 0.05) is 31.3 Å². The first-order valence-corrected chi connectivity index (χ1v) is 9.36. The lowest BCUT2D eigenvalue weighted by Gasteiger charge is -2.28. The zero-order valence-corrected chi connectivity index (χ0v) is 15.2. The topological polar surface area (TPSA) is 45.2 Å². The number of likely N-dealkylation sites (tertiary alicyclic amines) is 1. The summed E-state index contributed by atoms with van der Waals surface area (Å²) in [5, 5.41) is 2.38. The molecule has 0 unspecified atom stereocenters. The first kappa shape index (κ1) is 18.7. The quantitative estimate of drug-likeness (QED) is 0.846. The number of amides is 1. The van der Waals surface area contributed by atoms with Crippen molar-refractivity contribution in [2.24, 2.45) is 0 Å². The smallest absolute Gasteiger partial charge is 0.262 e. The molecule has 2 heterocycles. The number of carbonyl (C=O) groups is 1. The van der Waals surface area contributed by atoms with Gasteiger partial charge in [0.05, 0.1) is 5.69 Å². The van der Waals surface area contributed by atoms with Crippen molar-refractivity contribution in [3.63, 3.8) is 0 Å². The average molecular weight is 387 g/mol. The van der Waals surface area contributed by atoms with Crippen LogP contribution in [-0.4, -0.2) is 34.9 Å². The Balaban J connectivity index is 1.45. The Kier molecular flexibility index (Phi) is 5.17. The highest BCUT2D eigenvalue weighted by Crippen LogP contribution is 2.31. The number of halogens is 3. The number of carbonyl (C=O) groups excluding carboxylic acids is 1. The van der Waals surface area contributed by atoms with Gasteiger partial charge in [-0.25, -0.2) is 18.2 Å². The predicted molar refractivity (Wildman–Crippen MR) is 100 cm³/mol. The average Bonchev–Trinajstić information content (AvgIpc) is 3.47. The van der Waals surface area contributed by atoms with Crippen LogP contribution < -0.4 is 5.32 Å². The maximum Gasteiger partial charge on any atom is 0.262 e. The Hall–Kier alpha value is -2.67. The summed E-state index contributed by atoms with van der Waals surface area (Å²) < 4.78 is 40.6. The van der Waals surface area contributed by atoms with E-state index in [-0.39, 0.29) is 5.82 Å². The number of aromatic nitrogens is 1. The number of benzene rings is 1. The number of nitrogens with one attached hydrogen (secondary N) is 1. The van der Waals surface area contributed by atoms with Gasteiger partial charge in [0.25, 0.3) is 5.91 Å². The molecule has 0 radical (unpaired) electrons. The van der Waals surface area contributed by atoms with E-state index in [4.69, 9.17) is 0 Å². The van der Waals surface area contributed by atoms with Crippen LogP contribution in [0.15, 0.2) is 35.9 Å². The normalized spacial score (nSPS) is 17.5. The molecule has 4 rings (SSSR count). The van der Waals surface area contributed by atoms with Gasteiger partial charge in [0.2, 0.25) is 0 Å². The molecule has 1 aromatic heterocycles. The molecule has 1 saturated carbocycles.